The fourth-order valence-electron chi connectivity index (χ4n) is 2.22. The van der Waals surface area contributed by atoms with E-state index in [9.17, 15) is 18.3 Å². The van der Waals surface area contributed by atoms with Gasteiger partial charge in [-0.05, 0) is 85.0 Å². The van der Waals surface area contributed by atoms with Crippen molar-refractivity contribution in [2.45, 2.75) is 16.0 Å². The maximum atomic E-state index is 12.6. The lowest BCUT2D eigenvalue weighted by molar-refractivity contribution is -0.137. The lowest BCUT2D eigenvalue weighted by Crippen LogP contribution is -2.16. The largest absolute Gasteiger partial charge is 0.508 e. The van der Waals surface area contributed by atoms with Gasteiger partial charge in [-0.2, -0.15) is 13.2 Å². The van der Waals surface area contributed by atoms with E-state index < -0.39 is 11.7 Å². The zero-order valence-corrected chi connectivity index (χ0v) is 15.9. The van der Waals surface area contributed by atoms with Crippen molar-refractivity contribution in [2.75, 3.05) is 5.32 Å². The minimum absolute atomic E-state index is 0.132. The predicted octanol–water partition coefficient (Wildman–Crippen LogP) is 6.34. The molecule has 0 aliphatic carbocycles. The molecular formula is C20H14F3NO2S2. The van der Waals surface area contributed by atoms with E-state index in [0.29, 0.717) is 16.3 Å². The second kappa shape index (κ2) is 8.53. The molecule has 8 heteroatoms. The van der Waals surface area contributed by atoms with Crippen molar-refractivity contribution in [3.8, 4) is 11.5 Å². The highest BCUT2D eigenvalue weighted by Gasteiger charge is 2.29. The molecule has 28 heavy (non-hydrogen) atoms. The number of halogens is 3. The molecule has 0 atom stereocenters. The molecule has 0 radical (unpaired) electrons. The summed E-state index contributed by atoms with van der Waals surface area (Å²) in [5.41, 5.74) is 0.0408. The number of phenolic OH excluding ortho intramolecular Hbond substituents is 1. The van der Waals surface area contributed by atoms with Gasteiger partial charge in [0.2, 0.25) is 0 Å². The van der Waals surface area contributed by atoms with Crippen LogP contribution in [0, 0.1) is 0 Å². The third kappa shape index (κ3) is 5.64. The van der Waals surface area contributed by atoms with Crippen LogP contribution >= 0.6 is 24.0 Å². The lowest BCUT2D eigenvalue weighted by atomic mass is 10.2. The van der Waals surface area contributed by atoms with Gasteiger partial charge in [-0.3, -0.25) is 0 Å². The minimum Gasteiger partial charge on any atom is -0.508 e. The second-order valence-electron chi connectivity index (χ2n) is 5.66. The summed E-state index contributed by atoms with van der Waals surface area (Å²) in [7, 11) is 0. The van der Waals surface area contributed by atoms with E-state index in [1.165, 1.54) is 36.0 Å². The highest BCUT2D eigenvalue weighted by molar-refractivity contribution is 7.99. The fraction of sp³-hybridized carbons (Fsp3) is 0.0500. The van der Waals surface area contributed by atoms with Crippen LogP contribution in [0.1, 0.15) is 5.56 Å². The first-order chi connectivity index (χ1) is 13.3. The van der Waals surface area contributed by atoms with E-state index in [1.807, 2.05) is 12.1 Å². The Hall–Kier alpha value is -2.71. The molecule has 0 spiro atoms. The van der Waals surface area contributed by atoms with Crippen LogP contribution in [0.15, 0.2) is 82.6 Å². The standard InChI is InChI=1S/C20H14F3NO2S2/c21-20(22,23)13-1-9-17(10-2-13)28-18-11-3-14(4-12-18)24-19(27)26-16-7-5-15(25)6-8-16/h1-12,25H,(H,24,27). The van der Waals surface area contributed by atoms with Gasteiger partial charge in [0.1, 0.15) is 11.5 Å². The topological polar surface area (TPSA) is 41.5 Å². The van der Waals surface area contributed by atoms with Crippen LogP contribution in [-0.4, -0.2) is 10.3 Å². The van der Waals surface area contributed by atoms with Crippen LogP contribution in [0.4, 0.5) is 18.9 Å². The Labute approximate surface area is 169 Å². The minimum atomic E-state index is -4.34. The number of anilines is 1. The molecule has 3 aromatic carbocycles. The summed E-state index contributed by atoms with van der Waals surface area (Å²) in [5, 5.41) is 12.3. The van der Waals surface area contributed by atoms with E-state index in [1.54, 1.807) is 24.3 Å². The van der Waals surface area contributed by atoms with Crippen molar-refractivity contribution in [3.63, 3.8) is 0 Å². The highest BCUT2D eigenvalue weighted by Crippen LogP contribution is 2.33. The zero-order valence-electron chi connectivity index (χ0n) is 14.2. The average Bonchev–Trinajstić information content (AvgIpc) is 2.65. The summed E-state index contributed by atoms with van der Waals surface area (Å²) in [5.74, 6) is 0.622. The van der Waals surface area contributed by atoms with Crippen molar-refractivity contribution in [3.05, 3.63) is 78.4 Å². The molecule has 2 N–H and O–H groups in total. The maximum Gasteiger partial charge on any atom is 0.416 e. The fourth-order valence-corrected chi connectivity index (χ4v) is 3.25. The molecule has 3 aromatic rings. The number of phenols is 1. The molecular weight excluding hydrogens is 407 g/mol. The quantitative estimate of drug-likeness (QED) is 0.481. The van der Waals surface area contributed by atoms with E-state index >= 15 is 0 Å². The summed E-state index contributed by atoms with van der Waals surface area (Å²) < 4.78 is 43.3. The third-order valence-electron chi connectivity index (χ3n) is 3.57. The Balaban J connectivity index is 1.57. The van der Waals surface area contributed by atoms with Crippen molar-refractivity contribution in [2.24, 2.45) is 0 Å². The van der Waals surface area contributed by atoms with E-state index in [2.05, 4.69) is 5.32 Å². The first-order valence-corrected chi connectivity index (χ1v) is 9.25. The van der Waals surface area contributed by atoms with Gasteiger partial charge in [0.15, 0.2) is 0 Å². The van der Waals surface area contributed by atoms with Gasteiger partial charge >= 0.3 is 6.18 Å². The molecule has 3 rings (SSSR count). The smallest absolute Gasteiger partial charge is 0.416 e. The molecule has 0 saturated heterocycles. The SMILES string of the molecule is Oc1ccc(OC(=S)Nc2ccc(Sc3ccc(C(F)(F)F)cc3)cc2)cc1. The van der Waals surface area contributed by atoms with Crippen LogP contribution in [0.5, 0.6) is 11.5 Å². The van der Waals surface area contributed by atoms with Gasteiger partial charge in [0.05, 0.1) is 5.56 Å². The van der Waals surface area contributed by atoms with Crippen LogP contribution < -0.4 is 10.1 Å². The molecule has 0 saturated carbocycles. The van der Waals surface area contributed by atoms with Gasteiger partial charge in [0.25, 0.3) is 5.17 Å². The van der Waals surface area contributed by atoms with Gasteiger partial charge in [-0.25, -0.2) is 0 Å². The van der Waals surface area contributed by atoms with Crippen LogP contribution in [-0.2, 0) is 6.18 Å². The second-order valence-corrected chi connectivity index (χ2v) is 7.17. The zero-order chi connectivity index (χ0) is 20.1. The molecule has 0 bridgehead atoms. The number of hydrogen-bond acceptors (Lipinski definition) is 4. The molecule has 0 aliphatic heterocycles. The van der Waals surface area contributed by atoms with Gasteiger partial charge < -0.3 is 15.2 Å². The van der Waals surface area contributed by atoms with E-state index in [0.717, 1.165) is 17.0 Å². The Morgan fingerprint density at radius 3 is 1.93 bits per heavy atom. The number of hydrogen-bond donors (Lipinski definition) is 2. The predicted molar refractivity (Wildman–Crippen MR) is 107 cm³/mol. The summed E-state index contributed by atoms with van der Waals surface area (Å²) in [6.45, 7) is 0. The summed E-state index contributed by atoms with van der Waals surface area (Å²) in [4.78, 5) is 1.58. The monoisotopic (exact) mass is 421 g/mol. The van der Waals surface area contributed by atoms with Crippen molar-refractivity contribution >= 4 is 34.8 Å². The molecule has 0 aromatic heterocycles. The highest BCUT2D eigenvalue weighted by atomic mass is 32.2. The summed E-state index contributed by atoms with van der Waals surface area (Å²) in [6, 6.07) is 18.4. The molecule has 0 aliphatic rings. The normalized spacial score (nSPS) is 11.1. The molecule has 144 valence electrons. The van der Waals surface area contributed by atoms with Crippen LogP contribution in [0.2, 0.25) is 0 Å². The summed E-state index contributed by atoms with van der Waals surface area (Å²) in [6.07, 6.45) is -4.34. The number of rotatable bonds is 4. The maximum absolute atomic E-state index is 12.6. The van der Waals surface area contributed by atoms with Gasteiger partial charge in [0, 0.05) is 15.5 Å². The molecule has 0 fully saturated rings. The Morgan fingerprint density at radius 1 is 0.857 bits per heavy atom. The van der Waals surface area contributed by atoms with Crippen LogP contribution in [0.3, 0.4) is 0 Å². The number of alkyl halides is 3. The third-order valence-corrected chi connectivity index (χ3v) is 4.77. The molecule has 0 unspecified atom stereocenters. The molecule has 3 nitrogen and oxygen atoms in total. The molecule has 0 amide bonds. The number of benzene rings is 3. The molecule has 0 heterocycles. The van der Waals surface area contributed by atoms with Crippen molar-refractivity contribution in [1.29, 1.82) is 0 Å². The van der Waals surface area contributed by atoms with Gasteiger partial charge in [-0.15, -0.1) is 0 Å². The Kier molecular flexibility index (Phi) is 6.11. The number of ether oxygens (including phenoxy) is 1. The number of nitrogens with one attached hydrogen (secondary N) is 1. The van der Waals surface area contributed by atoms with Crippen LogP contribution in [0.25, 0.3) is 0 Å². The number of thiocarbonyl (C=S) groups is 1. The first-order valence-electron chi connectivity index (χ1n) is 8.03. The van der Waals surface area contributed by atoms with Gasteiger partial charge in [-0.1, -0.05) is 11.8 Å². The Morgan fingerprint density at radius 2 is 1.39 bits per heavy atom. The average molecular weight is 421 g/mol. The van der Waals surface area contributed by atoms with E-state index in [4.69, 9.17) is 17.0 Å². The first kappa shape index (κ1) is 20.0. The van der Waals surface area contributed by atoms with Crippen molar-refractivity contribution < 1.29 is 23.0 Å². The Bertz CT molecular complexity index is 941. The van der Waals surface area contributed by atoms with Crippen molar-refractivity contribution in [1.82, 2.24) is 0 Å². The number of aromatic hydroxyl groups is 1. The van der Waals surface area contributed by atoms with E-state index in [-0.39, 0.29) is 10.9 Å². The summed E-state index contributed by atoms with van der Waals surface area (Å²) >= 11 is 6.49. The lowest BCUT2D eigenvalue weighted by Gasteiger charge is -2.10.